The number of carbonyl (C=O) groups is 1. The summed E-state index contributed by atoms with van der Waals surface area (Å²) in [5.41, 5.74) is 1.19. The Hall–Kier alpha value is -1.55. The number of aryl methyl sites for hydroxylation is 1. The zero-order valence-corrected chi connectivity index (χ0v) is 12.4. The minimum atomic E-state index is 0.0892. The maximum absolute atomic E-state index is 12.2. The van der Waals surface area contributed by atoms with Crippen molar-refractivity contribution in [2.24, 2.45) is 5.92 Å². The van der Waals surface area contributed by atoms with Crippen molar-refractivity contribution in [1.29, 1.82) is 0 Å². The van der Waals surface area contributed by atoms with Crippen LogP contribution in [-0.4, -0.2) is 44.1 Å². The SMILES string of the molecule is CNCC1CCCN(C(=O)COc2ccc(C)cc2)C1. The number of benzene rings is 1. The van der Waals surface area contributed by atoms with Crippen molar-refractivity contribution < 1.29 is 9.53 Å². The van der Waals surface area contributed by atoms with Crippen molar-refractivity contribution in [3.63, 3.8) is 0 Å². The van der Waals surface area contributed by atoms with Crippen molar-refractivity contribution >= 4 is 5.91 Å². The van der Waals surface area contributed by atoms with Crippen LogP contribution in [0.1, 0.15) is 18.4 Å². The van der Waals surface area contributed by atoms with Crippen molar-refractivity contribution in [1.82, 2.24) is 10.2 Å². The first-order chi connectivity index (χ1) is 9.69. The number of hydrogen-bond donors (Lipinski definition) is 1. The Morgan fingerprint density at radius 3 is 2.85 bits per heavy atom. The maximum Gasteiger partial charge on any atom is 0.260 e. The Morgan fingerprint density at radius 1 is 1.40 bits per heavy atom. The van der Waals surface area contributed by atoms with Gasteiger partial charge in [-0.1, -0.05) is 17.7 Å². The standard InChI is InChI=1S/C16H24N2O2/c1-13-5-7-15(8-6-13)20-12-16(19)18-9-3-4-14(11-18)10-17-2/h5-8,14,17H,3-4,9-12H2,1-2H3. The number of nitrogens with zero attached hydrogens (tertiary/aromatic N) is 1. The molecule has 1 amide bonds. The van der Waals surface area contributed by atoms with Crippen molar-refractivity contribution in [2.45, 2.75) is 19.8 Å². The Labute approximate surface area is 121 Å². The highest BCUT2D eigenvalue weighted by Crippen LogP contribution is 2.16. The number of carbonyl (C=O) groups excluding carboxylic acids is 1. The van der Waals surface area contributed by atoms with Gasteiger partial charge in [0.25, 0.3) is 5.91 Å². The molecule has 20 heavy (non-hydrogen) atoms. The van der Waals surface area contributed by atoms with Gasteiger partial charge in [0.15, 0.2) is 6.61 Å². The van der Waals surface area contributed by atoms with Crippen LogP contribution in [0.3, 0.4) is 0 Å². The second kappa shape index (κ2) is 7.29. The molecule has 1 aliphatic heterocycles. The predicted molar refractivity (Wildman–Crippen MR) is 79.9 cm³/mol. The number of piperidine rings is 1. The van der Waals surface area contributed by atoms with Gasteiger partial charge in [0.1, 0.15) is 5.75 Å². The fourth-order valence-electron chi connectivity index (χ4n) is 2.62. The first-order valence-corrected chi connectivity index (χ1v) is 7.31. The van der Waals surface area contributed by atoms with E-state index in [9.17, 15) is 4.79 Å². The summed E-state index contributed by atoms with van der Waals surface area (Å²) in [6.45, 7) is 4.84. The molecule has 1 N–H and O–H groups in total. The number of amides is 1. The number of likely N-dealkylation sites (tertiary alicyclic amines) is 1. The number of ether oxygens (including phenoxy) is 1. The molecule has 1 heterocycles. The highest BCUT2D eigenvalue weighted by atomic mass is 16.5. The lowest BCUT2D eigenvalue weighted by Gasteiger charge is -2.32. The highest BCUT2D eigenvalue weighted by molar-refractivity contribution is 5.77. The van der Waals surface area contributed by atoms with Gasteiger partial charge in [0.05, 0.1) is 0 Å². The minimum absolute atomic E-state index is 0.0892. The van der Waals surface area contributed by atoms with Crippen LogP contribution in [-0.2, 0) is 4.79 Å². The van der Waals surface area contributed by atoms with E-state index in [1.165, 1.54) is 12.0 Å². The largest absolute Gasteiger partial charge is 0.484 e. The molecule has 1 fully saturated rings. The molecule has 0 saturated carbocycles. The summed E-state index contributed by atoms with van der Waals surface area (Å²) >= 11 is 0. The van der Waals surface area contributed by atoms with Gasteiger partial charge < -0.3 is 15.0 Å². The van der Waals surface area contributed by atoms with Crippen molar-refractivity contribution in [3.8, 4) is 5.75 Å². The lowest BCUT2D eigenvalue weighted by Crippen LogP contribution is -2.44. The Bertz CT molecular complexity index is 429. The lowest BCUT2D eigenvalue weighted by molar-refractivity contribution is -0.135. The quantitative estimate of drug-likeness (QED) is 0.892. The number of rotatable bonds is 5. The van der Waals surface area contributed by atoms with E-state index in [-0.39, 0.29) is 12.5 Å². The Morgan fingerprint density at radius 2 is 2.15 bits per heavy atom. The summed E-state index contributed by atoms with van der Waals surface area (Å²) in [6, 6.07) is 7.79. The van der Waals surface area contributed by atoms with Gasteiger partial charge in [0, 0.05) is 13.1 Å². The fourth-order valence-corrected chi connectivity index (χ4v) is 2.62. The average molecular weight is 276 g/mol. The summed E-state index contributed by atoms with van der Waals surface area (Å²) in [4.78, 5) is 14.1. The van der Waals surface area contributed by atoms with Gasteiger partial charge in [-0.25, -0.2) is 0 Å². The van der Waals surface area contributed by atoms with Crippen molar-refractivity contribution in [3.05, 3.63) is 29.8 Å². The van der Waals surface area contributed by atoms with Crippen LogP contribution in [0.4, 0.5) is 0 Å². The third-order valence-electron chi connectivity index (χ3n) is 3.75. The van der Waals surface area contributed by atoms with Crippen molar-refractivity contribution in [2.75, 3.05) is 33.3 Å². The molecule has 1 unspecified atom stereocenters. The molecule has 1 aliphatic rings. The van der Waals surface area contributed by atoms with E-state index in [2.05, 4.69) is 5.32 Å². The number of nitrogens with one attached hydrogen (secondary N) is 1. The van der Waals surface area contributed by atoms with E-state index >= 15 is 0 Å². The van der Waals surface area contributed by atoms with Crippen LogP contribution in [0.25, 0.3) is 0 Å². The van der Waals surface area contributed by atoms with Gasteiger partial charge >= 0.3 is 0 Å². The molecule has 0 radical (unpaired) electrons. The van der Waals surface area contributed by atoms with Crippen LogP contribution in [0.15, 0.2) is 24.3 Å². The zero-order chi connectivity index (χ0) is 14.4. The maximum atomic E-state index is 12.2. The monoisotopic (exact) mass is 276 g/mol. The van der Waals surface area contributed by atoms with E-state index in [1.54, 1.807) is 0 Å². The van der Waals surface area contributed by atoms with Crippen LogP contribution in [0.2, 0.25) is 0 Å². The van der Waals surface area contributed by atoms with E-state index < -0.39 is 0 Å². The molecule has 1 aromatic rings. The normalized spacial score (nSPS) is 18.9. The van der Waals surface area contributed by atoms with E-state index in [0.717, 1.165) is 31.8 Å². The summed E-state index contributed by atoms with van der Waals surface area (Å²) in [5, 5.41) is 3.19. The summed E-state index contributed by atoms with van der Waals surface area (Å²) in [5.74, 6) is 1.41. The Balaban J connectivity index is 1.80. The molecule has 4 nitrogen and oxygen atoms in total. The molecular formula is C16H24N2O2. The molecule has 4 heteroatoms. The fraction of sp³-hybridized carbons (Fsp3) is 0.562. The molecule has 2 rings (SSSR count). The van der Waals surface area contributed by atoms with Gasteiger partial charge in [-0.3, -0.25) is 4.79 Å². The topological polar surface area (TPSA) is 41.6 Å². The molecule has 1 saturated heterocycles. The third kappa shape index (κ3) is 4.23. The van der Waals surface area contributed by atoms with E-state index in [1.807, 2.05) is 43.1 Å². The second-order valence-electron chi connectivity index (χ2n) is 5.51. The van der Waals surface area contributed by atoms with E-state index in [0.29, 0.717) is 5.92 Å². The molecule has 110 valence electrons. The molecule has 0 aromatic heterocycles. The van der Waals surface area contributed by atoms with Gasteiger partial charge in [0.2, 0.25) is 0 Å². The first kappa shape index (κ1) is 14.9. The zero-order valence-electron chi connectivity index (χ0n) is 12.4. The van der Waals surface area contributed by atoms with Gasteiger partial charge in [-0.2, -0.15) is 0 Å². The summed E-state index contributed by atoms with van der Waals surface area (Å²) in [7, 11) is 1.96. The molecule has 0 bridgehead atoms. The Kier molecular flexibility index (Phi) is 5.41. The third-order valence-corrected chi connectivity index (χ3v) is 3.75. The summed E-state index contributed by atoms with van der Waals surface area (Å²) in [6.07, 6.45) is 2.28. The minimum Gasteiger partial charge on any atom is -0.484 e. The highest BCUT2D eigenvalue weighted by Gasteiger charge is 2.23. The summed E-state index contributed by atoms with van der Waals surface area (Å²) < 4.78 is 5.56. The average Bonchev–Trinajstić information content (AvgIpc) is 2.47. The second-order valence-corrected chi connectivity index (χ2v) is 5.51. The molecule has 0 spiro atoms. The van der Waals surface area contributed by atoms with Gasteiger partial charge in [-0.05, 0) is 51.4 Å². The smallest absolute Gasteiger partial charge is 0.260 e. The molecule has 1 aromatic carbocycles. The number of hydrogen-bond acceptors (Lipinski definition) is 3. The van der Waals surface area contributed by atoms with Crippen LogP contribution in [0.5, 0.6) is 5.75 Å². The molecular weight excluding hydrogens is 252 g/mol. The first-order valence-electron chi connectivity index (χ1n) is 7.31. The molecule has 1 atom stereocenters. The predicted octanol–water partition coefficient (Wildman–Crippen LogP) is 1.83. The lowest BCUT2D eigenvalue weighted by atomic mass is 9.98. The van der Waals surface area contributed by atoms with E-state index in [4.69, 9.17) is 4.74 Å². The van der Waals surface area contributed by atoms with Crippen LogP contribution < -0.4 is 10.1 Å². The van der Waals surface area contributed by atoms with Crippen LogP contribution >= 0.6 is 0 Å². The molecule has 0 aliphatic carbocycles. The van der Waals surface area contributed by atoms with Crippen LogP contribution in [0, 0.1) is 12.8 Å². The van der Waals surface area contributed by atoms with Gasteiger partial charge in [-0.15, -0.1) is 0 Å².